The van der Waals surface area contributed by atoms with E-state index in [0.717, 1.165) is 18.8 Å². The van der Waals surface area contributed by atoms with E-state index in [1.54, 1.807) is 12.3 Å². The number of hydrogen-bond acceptors (Lipinski definition) is 4. The van der Waals surface area contributed by atoms with Gasteiger partial charge >= 0.3 is 0 Å². The first-order valence-corrected chi connectivity index (χ1v) is 8.50. The molecule has 116 valence electrons. The minimum Gasteiger partial charge on any atom is -0.380 e. The van der Waals surface area contributed by atoms with E-state index in [9.17, 15) is 8.42 Å². The number of rotatable bonds is 10. The van der Waals surface area contributed by atoms with Gasteiger partial charge in [0.25, 0.3) is 0 Å². The van der Waals surface area contributed by atoms with Gasteiger partial charge in [0.05, 0.1) is 11.5 Å². The molecule has 0 atom stereocenters. The van der Waals surface area contributed by atoms with Gasteiger partial charge < -0.3 is 14.6 Å². The zero-order valence-electron chi connectivity index (χ0n) is 12.5. The fraction of sp³-hybridized carbons (Fsp3) is 0.692. The largest absolute Gasteiger partial charge is 0.380 e. The molecule has 20 heavy (non-hydrogen) atoms. The van der Waals surface area contributed by atoms with Crippen molar-refractivity contribution < 1.29 is 13.2 Å². The van der Waals surface area contributed by atoms with Crippen molar-refractivity contribution in [3.8, 4) is 0 Å². The van der Waals surface area contributed by atoms with Crippen molar-refractivity contribution in [1.82, 2.24) is 14.6 Å². The summed E-state index contributed by atoms with van der Waals surface area (Å²) in [6.45, 7) is 9.41. The molecule has 0 fully saturated rings. The Morgan fingerprint density at radius 2 is 2.05 bits per heavy atom. The quantitative estimate of drug-likeness (QED) is 0.631. The third kappa shape index (κ3) is 4.90. The molecule has 0 aliphatic carbocycles. The van der Waals surface area contributed by atoms with Crippen molar-refractivity contribution in [1.29, 1.82) is 0 Å². The van der Waals surface area contributed by atoms with Gasteiger partial charge in [-0.1, -0.05) is 6.92 Å². The third-order valence-electron chi connectivity index (χ3n) is 2.91. The molecule has 6 nitrogen and oxygen atoms in total. The molecule has 0 amide bonds. The fourth-order valence-electron chi connectivity index (χ4n) is 1.84. The highest BCUT2D eigenvalue weighted by atomic mass is 32.2. The van der Waals surface area contributed by atoms with Crippen LogP contribution in [0.5, 0.6) is 0 Å². The van der Waals surface area contributed by atoms with Crippen LogP contribution in [0.4, 0.5) is 0 Å². The van der Waals surface area contributed by atoms with E-state index in [1.807, 2.05) is 25.3 Å². The maximum Gasteiger partial charge on any atom is 0.242 e. The monoisotopic (exact) mass is 303 g/mol. The summed E-state index contributed by atoms with van der Waals surface area (Å²) < 4.78 is 33.9. The lowest BCUT2D eigenvalue weighted by Crippen LogP contribution is -2.27. The average molecular weight is 303 g/mol. The molecular weight excluding hydrogens is 278 g/mol. The lowest BCUT2D eigenvalue weighted by atomic mass is 10.4. The summed E-state index contributed by atoms with van der Waals surface area (Å²) in [6.07, 6.45) is 1.68. The van der Waals surface area contributed by atoms with Crippen LogP contribution in [-0.2, 0) is 27.8 Å². The predicted molar refractivity (Wildman–Crippen MR) is 79.2 cm³/mol. The van der Waals surface area contributed by atoms with E-state index in [2.05, 4.69) is 10.0 Å². The molecule has 0 saturated heterocycles. The molecule has 0 spiro atoms. The summed E-state index contributed by atoms with van der Waals surface area (Å²) >= 11 is 0. The van der Waals surface area contributed by atoms with Crippen LogP contribution in [0.3, 0.4) is 0 Å². The van der Waals surface area contributed by atoms with Crippen LogP contribution >= 0.6 is 0 Å². The molecule has 7 heteroatoms. The van der Waals surface area contributed by atoms with E-state index >= 15 is 0 Å². The zero-order chi connectivity index (χ0) is 15.0. The van der Waals surface area contributed by atoms with E-state index in [0.29, 0.717) is 24.7 Å². The number of nitrogens with zero attached hydrogens (tertiary/aromatic N) is 1. The van der Waals surface area contributed by atoms with E-state index in [4.69, 9.17) is 4.74 Å². The van der Waals surface area contributed by atoms with Crippen molar-refractivity contribution >= 4 is 10.0 Å². The Morgan fingerprint density at radius 1 is 1.30 bits per heavy atom. The smallest absolute Gasteiger partial charge is 0.242 e. The first kappa shape index (κ1) is 17.2. The molecule has 0 aliphatic heterocycles. The summed E-state index contributed by atoms with van der Waals surface area (Å²) in [6, 6.07) is 1.72. The Balaban J connectivity index is 2.76. The van der Waals surface area contributed by atoms with Gasteiger partial charge in [0.1, 0.15) is 0 Å². The first-order chi connectivity index (χ1) is 9.55. The van der Waals surface area contributed by atoms with Gasteiger partial charge in [0.15, 0.2) is 0 Å². The number of hydrogen-bond donors (Lipinski definition) is 2. The van der Waals surface area contributed by atoms with Gasteiger partial charge in [-0.3, -0.25) is 0 Å². The number of sulfonamides is 1. The maximum absolute atomic E-state index is 12.2. The van der Waals surface area contributed by atoms with Crippen molar-refractivity contribution in [3.05, 3.63) is 18.0 Å². The van der Waals surface area contributed by atoms with E-state index < -0.39 is 10.0 Å². The second-order valence-electron chi connectivity index (χ2n) is 4.33. The molecule has 1 aromatic rings. The van der Waals surface area contributed by atoms with Crippen LogP contribution < -0.4 is 10.0 Å². The molecule has 0 radical (unpaired) electrons. The summed E-state index contributed by atoms with van der Waals surface area (Å²) in [5, 5.41) is 3.21. The number of aromatic nitrogens is 1. The van der Waals surface area contributed by atoms with Crippen LogP contribution in [0.1, 0.15) is 26.5 Å². The van der Waals surface area contributed by atoms with Crippen molar-refractivity contribution in [2.24, 2.45) is 0 Å². The van der Waals surface area contributed by atoms with E-state index in [1.165, 1.54) is 0 Å². The topological polar surface area (TPSA) is 72.4 Å². The van der Waals surface area contributed by atoms with Gasteiger partial charge in [0, 0.05) is 38.1 Å². The molecule has 0 aliphatic rings. The van der Waals surface area contributed by atoms with Crippen molar-refractivity contribution in [2.45, 2.75) is 38.8 Å². The molecule has 1 heterocycles. The van der Waals surface area contributed by atoms with Crippen LogP contribution in [0.2, 0.25) is 0 Å². The van der Waals surface area contributed by atoms with Crippen LogP contribution in [-0.4, -0.2) is 39.3 Å². The number of ether oxygens (including phenoxy) is 1. The standard InChI is InChI=1S/C13H25N3O3S/c1-4-14-10-12-9-13(11-16(12)5-2)20(17,18)15-7-8-19-6-3/h9,11,14-15H,4-8,10H2,1-3H3. The molecule has 1 rings (SSSR count). The van der Waals surface area contributed by atoms with Crippen LogP contribution in [0, 0.1) is 0 Å². The maximum atomic E-state index is 12.2. The van der Waals surface area contributed by atoms with Gasteiger partial charge in [-0.2, -0.15) is 0 Å². The highest BCUT2D eigenvalue weighted by Crippen LogP contribution is 2.14. The minimum absolute atomic E-state index is 0.288. The highest BCUT2D eigenvalue weighted by molar-refractivity contribution is 7.89. The Kier molecular flexibility index (Phi) is 7.22. The molecule has 2 N–H and O–H groups in total. The van der Waals surface area contributed by atoms with Crippen LogP contribution in [0.25, 0.3) is 0 Å². The Bertz CT molecular complexity index is 497. The number of nitrogens with one attached hydrogen (secondary N) is 2. The molecular formula is C13H25N3O3S. The van der Waals surface area contributed by atoms with Gasteiger partial charge in [0.2, 0.25) is 10.0 Å². The molecule has 0 saturated carbocycles. The summed E-state index contributed by atoms with van der Waals surface area (Å²) in [5.41, 5.74) is 0.972. The van der Waals surface area contributed by atoms with Gasteiger partial charge in [-0.15, -0.1) is 0 Å². The highest BCUT2D eigenvalue weighted by Gasteiger charge is 2.17. The Hall–Kier alpha value is -0.890. The third-order valence-corrected chi connectivity index (χ3v) is 4.34. The van der Waals surface area contributed by atoms with Gasteiger partial charge in [-0.25, -0.2) is 13.1 Å². The lowest BCUT2D eigenvalue weighted by molar-refractivity contribution is 0.153. The average Bonchev–Trinajstić information content (AvgIpc) is 2.85. The Labute approximate surface area is 121 Å². The summed E-state index contributed by atoms with van der Waals surface area (Å²) in [5.74, 6) is 0. The molecule has 0 unspecified atom stereocenters. The van der Waals surface area contributed by atoms with Crippen LogP contribution in [0.15, 0.2) is 17.2 Å². The van der Waals surface area contributed by atoms with Crippen molar-refractivity contribution in [3.63, 3.8) is 0 Å². The molecule has 1 aromatic heterocycles. The Morgan fingerprint density at radius 3 is 2.65 bits per heavy atom. The minimum atomic E-state index is -3.46. The second-order valence-corrected chi connectivity index (χ2v) is 6.10. The number of aryl methyl sites for hydroxylation is 1. The summed E-state index contributed by atoms with van der Waals surface area (Å²) in [7, 11) is -3.46. The second kappa shape index (κ2) is 8.41. The summed E-state index contributed by atoms with van der Waals surface area (Å²) in [4.78, 5) is 0.309. The first-order valence-electron chi connectivity index (χ1n) is 7.02. The van der Waals surface area contributed by atoms with Crippen molar-refractivity contribution in [2.75, 3.05) is 26.3 Å². The molecule has 0 bridgehead atoms. The molecule has 0 aromatic carbocycles. The lowest BCUT2D eigenvalue weighted by Gasteiger charge is -2.05. The van der Waals surface area contributed by atoms with E-state index in [-0.39, 0.29) is 6.54 Å². The van der Waals surface area contributed by atoms with Gasteiger partial charge in [-0.05, 0) is 26.5 Å². The normalized spacial score (nSPS) is 11.9. The SMILES string of the molecule is CCNCc1cc(S(=O)(=O)NCCOCC)cn1CC. The zero-order valence-corrected chi connectivity index (χ0v) is 13.3. The fourth-order valence-corrected chi connectivity index (χ4v) is 2.92. The predicted octanol–water partition coefficient (Wildman–Crippen LogP) is 0.932.